The third-order valence-electron chi connectivity index (χ3n) is 2.72. The van der Waals surface area contributed by atoms with Crippen molar-refractivity contribution in [2.24, 2.45) is 0 Å². The number of nitrogens with two attached hydrogens (primary N) is 1. The molecule has 1 aromatic carbocycles. The quantitative estimate of drug-likeness (QED) is 0.644. The van der Waals surface area contributed by atoms with E-state index < -0.39 is 0 Å². The van der Waals surface area contributed by atoms with Gasteiger partial charge in [-0.3, -0.25) is 9.48 Å². The number of carbonyl (C=O) groups is 1. The van der Waals surface area contributed by atoms with Crippen molar-refractivity contribution in [3.05, 3.63) is 44.6 Å². The van der Waals surface area contributed by atoms with E-state index in [4.69, 9.17) is 5.73 Å². The first-order valence-electron chi connectivity index (χ1n) is 5.74. The van der Waals surface area contributed by atoms with Gasteiger partial charge in [-0.2, -0.15) is 5.10 Å². The fraction of sp³-hybridized carbons (Fsp3) is 0.231. The van der Waals surface area contributed by atoms with Crippen LogP contribution in [0.5, 0.6) is 0 Å². The minimum atomic E-state index is -0.0845. The minimum Gasteiger partial charge on any atom is -0.398 e. The lowest BCUT2D eigenvalue weighted by molar-refractivity contribution is 0.102. The van der Waals surface area contributed by atoms with Gasteiger partial charge in [0.15, 0.2) is 0 Å². The molecule has 2 rings (SSSR count). The predicted molar refractivity (Wildman–Crippen MR) is 82.3 cm³/mol. The van der Waals surface area contributed by atoms with Crippen molar-refractivity contribution in [2.75, 3.05) is 5.73 Å². The topological polar surface area (TPSA) is 60.9 Å². The Morgan fingerprint density at radius 3 is 2.58 bits per heavy atom. The zero-order chi connectivity index (χ0) is 14.2. The molecule has 0 unspecified atom stereocenters. The van der Waals surface area contributed by atoms with E-state index in [-0.39, 0.29) is 11.8 Å². The summed E-state index contributed by atoms with van der Waals surface area (Å²) < 4.78 is 3.11. The predicted octanol–water partition coefficient (Wildman–Crippen LogP) is 3.80. The summed E-state index contributed by atoms with van der Waals surface area (Å²) in [6.07, 6.45) is 1.64. The molecule has 4 nitrogen and oxygen atoms in total. The molecule has 1 heterocycles. The minimum absolute atomic E-state index is 0.0845. The molecule has 0 bridgehead atoms. The van der Waals surface area contributed by atoms with Gasteiger partial charge in [-0.05, 0) is 63.9 Å². The van der Waals surface area contributed by atoms with Gasteiger partial charge in [-0.15, -0.1) is 0 Å². The average Bonchev–Trinajstić information content (AvgIpc) is 2.74. The van der Waals surface area contributed by atoms with E-state index in [1.54, 1.807) is 29.1 Å². The smallest absolute Gasteiger partial charge is 0.212 e. The van der Waals surface area contributed by atoms with E-state index in [1.807, 2.05) is 13.8 Å². The van der Waals surface area contributed by atoms with Crippen molar-refractivity contribution < 1.29 is 4.79 Å². The zero-order valence-electron chi connectivity index (χ0n) is 10.5. The van der Waals surface area contributed by atoms with Crippen LogP contribution in [-0.4, -0.2) is 15.6 Å². The van der Waals surface area contributed by atoms with E-state index in [0.29, 0.717) is 25.9 Å². The Balaban J connectivity index is 2.49. The third-order valence-corrected chi connectivity index (χ3v) is 3.98. The number of benzene rings is 1. The number of rotatable bonds is 3. The van der Waals surface area contributed by atoms with E-state index in [2.05, 4.69) is 37.0 Å². The van der Waals surface area contributed by atoms with Crippen molar-refractivity contribution >= 4 is 43.3 Å². The monoisotopic (exact) mass is 385 g/mol. The molecular weight excluding hydrogens is 374 g/mol. The van der Waals surface area contributed by atoms with Gasteiger partial charge in [0.05, 0.1) is 10.7 Å². The first kappa shape index (κ1) is 14.3. The number of hydrogen-bond donors (Lipinski definition) is 1. The maximum atomic E-state index is 12.6. The molecule has 100 valence electrons. The molecule has 0 saturated carbocycles. The van der Waals surface area contributed by atoms with Gasteiger partial charge in [-0.25, -0.2) is 0 Å². The van der Waals surface area contributed by atoms with Crippen LogP contribution in [-0.2, 0) is 0 Å². The normalized spacial score (nSPS) is 11.0. The van der Waals surface area contributed by atoms with E-state index in [0.717, 1.165) is 0 Å². The van der Waals surface area contributed by atoms with E-state index in [1.165, 1.54) is 0 Å². The lowest BCUT2D eigenvalue weighted by Crippen LogP contribution is -2.14. The molecule has 0 aliphatic rings. The lowest BCUT2D eigenvalue weighted by Gasteiger charge is -2.11. The fourth-order valence-corrected chi connectivity index (χ4v) is 2.58. The first-order chi connectivity index (χ1) is 8.91. The summed E-state index contributed by atoms with van der Waals surface area (Å²) in [5, 5.41) is 4.21. The summed E-state index contributed by atoms with van der Waals surface area (Å²) in [6, 6.07) is 5.26. The van der Waals surface area contributed by atoms with Gasteiger partial charge in [0.25, 0.3) is 0 Å². The molecule has 0 saturated heterocycles. The molecule has 0 aliphatic carbocycles. The number of halogens is 2. The third kappa shape index (κ3) is 2.74. The Kier molecular flexibility index (Phi) is 4.10. The van der Waals surface area contributed by atoms with Crippen LogP contribution in [0.2, 0.25) is 0 Å². The molecule has 0 radical (unpaired) electrons. The number of hydrogen-bond acceptors (Lipinski definition) is 3. The van der Waals surface area contributed by atoms with Crippen molar-refractivity contribution in [2.45, 2.75) is 19.9 Å². The van der Waals surface area contributed by atoms with Crippen molar-refractivity contribution in [3.63, 3.8) is 0 Å². The molecule has 0 atom stereocenters. The first-order valence-corrected chi connectivity index (χ1v) is 7.33. The molecule has 2 N–H and O–H groups in total. The summed E-state index contributed by atoms with van der Waals surface area (Å²) in [7, 11) is 0. The maximum Gasteiger partial charge on any atom is 0.212 e. The Labute approximate surface area is 128 Å². The van der Waals surface area contributed by atoms with Gasteiger partial charge >= 0.3 is 0 Å². The summed E-state index contributed by atoms with van der Waals surface area (Å²) in [4.78, 5) is 12.6. The lowest BCUT2D eigenvalue weighted by atomic mass is 10.1. The van der Waals surface area contributed by atoms with Crippen LogP contribution < -0.4 is 5.73 Å². The van der Waals surface area contributed by atoms with Crippen LogP contribution >= 0.6 is 31.9 Å². The molecule has 6 heteroatoms. The highest BCUT2D eigenvalue weighted by molar-refractivity contribution is 9.11. The second-order valence-electron chi connectivity index (χ2n) is 4.44. The number of aromatic nitrogens is 2. The Morgan fingerprint density at radius 1 is 1.32 bits per heavy atom. The van der Waals surface area contributed by atoms with Crippen LogP contribution in [0.25, 0.3) is 0 Å². The zero-order valence-corrected chi connectivity index (χ0v) is 13.7. The maximum absolute atomic E-state index is 12.6. The number of anilines is 1. The highest BCUT2D eigenvalue weighted by Gasteiger charge is 2.20. The Hall–Kier alpha value is -1.14. The molecule has 0 spiro atoms. The van der Waals surface area contributed by atoms with Gasteiger partial charge in [0.2, 0.25) is 5.78 Å². The molecule has 0 amide bonds. The van der Waals surface area contributed by atoms with Crippen LogP contribution in [0.15, 0.2) is 33.3 Å². The Bertz CT molecular complexity index is 635. The second-order valence-corrected chi connectivity index (χ2v) is 6.15. The standard InChI is InChI=1S/C13H13Br2N3O/c1-7(2)18-12(10(15)6-17-18)13(19)8-3-4-11(16)9(14)5-8/h3-7H,16H2,1-2H3. The summed E-state index contributed by atoms with van der Waals surface area (Å²) in [5.41, 5.74) is 7.46. The van der Waals surface area contributed by atoms with Gasteiger partial charge < -0.3 is 5.73 Å². The molecule has 2 aromatic rings. The van der Waals surface area contributed by atoms with Crippen LogP contribution in [0.4, 0.5) is 5.69 Å². The number of carbonyl (C=O) groups excluding carboxylic acids is 1. The molecule has 1 aromatic heterocycles. The van der Waals surface area contributed by atoms with E-state index in [9.17, 15) is 4.79 Å². The molecular formula is C13H13Br2N3O. The number of nitrogen functional groups attached to an aromatic ring is 1. The van der Waals surface area contributed by atoms with Crippen LogP contribution in [0, 0.1) is 0 Å². The average molecular weight is 387 g/mol. The number of ketones is 1. The fourth-order valence-electron chi connectivity index (χ4n) is 1.75. The highest BCUT2D eigenvalue weighted by atomic mass is 79.9. The Morgan fingerprint density at radius 2 is 2.00 bits per heavy atom. The molecule has 19 heavy (non-hydrogen) atoms. The summed E-state index contributed by atoms with van der Waals surface area (Å²) in [6.45, 7) is 3.96. The van der Waals surface area contributed by atoms with Crippen LogP contribution in [0.3, 0.4) is 0 Å². The second kappa shape index (κ2) is 5.46. The van der Waals surface area contributed by atoms with Gasteiger partial charge in [0, 0.05) is 21.8 Å². The van der Waals surface area contributed by atoms with E-state index >= 15 is 0 Å². The highest BCUT2D eigenvalue weighted by Crippen LogP contribution is 2.26. The molecule has 0 fully saturated rings. The van der Waals surface area contributed by atoms with Crippen molar-refractivity contribution in [1.82, 2.24) is 9.78 Å². The van der Waals surface area contributed by atoms with Gasteiger partial charge in [0.1, 0.15) is 5.69 Å². The summed E-state index contributed by atoms with van der Waals surface area (Å²) >= 11 is 6.71. The number of nitrogens with zero attached hydrogens (tertiary/aromatic N) is 2. The van der Waals surface area contributed by atoms with Crippen molar-refractivity contribution in [1.29, 1.82) is 0 Å². The summed E-state index contributed by atoms with van der Waals surface area (Å²) in [5.74, 6) is -0.0845. The SMILES string of the molecule is CC(C)n1ncc(Br)c1C(=O)c1ccc(N)c(Br)c1. The van der Waals surface area contributed by atoms with Gasteiger partial charge in [-0.1, -0.05) is 0 Å². The largest absolute Gasteiger partial charge is 0.398 e. The van der Waals surface area contributed by atoms with Crippen molar-refractivity contribution in [3.8, 4) is 0 Å². The molecule has 0 aliphatic heterocycles. The van der Waals surface area contributed by atoms with Crippen LogP contribution in [0.1, 0.15) is 35.9 Å².